The molecule has 0 fully saturated rings. The average molecular weight is 326 g/mol. The minimum Gasteiger partial charge on any atom is -0.491 e. The van der Waals surface area contributed by atoms with Crippen molar-refractivity contribution in [2.45, 2.75) is 6.04 Å². The summed E-state index contributed by atoms with van der Waals surface area (Å²) in [7, 11) is 1.64. The van der Waals surface area contributed by atoms with Crippen molar-refractivity contribution in [3.05, 3.63) is 52.4 Å². The van der Waals surface area contributed by atoms with E-state index in [0.717, 1.165) is 11.3 Å². The van der Waals surface area contributed by atoms with Crippen molar-refractivity contribution in [2.24, 2.45) is 5.73 Å². The number of halogens is 1. The predicted molar refractivity (Wildman–Crippen MR) is 76.3 cm³/mol. The molecule has 0 amide bonds. The Morgan fingerprint density at radius 1 is 1.21 bits per heavy atom. The van der Waals surface area contributed by atoms with Crippen molar-refractivity contribution in [3.8, 4) is 5.75 Å². The molecule has 4 nitrogen and oxygen atoms in total. The molecule has 0 aliphatic rings. The van der Waals surface area contributed by atoms with Gasteiger partial charge < -0.3 is 19.6 Å². The lowest BCUT2D eigenvalue weighted by Gasteiger charge is -2.15. The van der Waals surface area contributed by atoms with E-state index in [2.05, 4.69) is 15.9 Å². The van der Waals surface area contributed by atoms with Crippen LogP contribution in [0.5, 0.6) is 5.75 Å². The highest BCUT2D eigenvalue weighted by Crippen LogP contribution is 2.30. The topological polar surface area (TPSA) is 57.6 Å². The first kappa shape index (κ1) is 14.1. The van der Waals surface area contributed by atoms with Gasteiger partial charge in [-0.05, 0) is 34.1 Å². The van der Waals surface area contributed by atoms with Gasteiger partial charge in [-0.3, -0.25) is 0 Å². The van der Waals surface area contributed by atoms with Crippen LogP contribution in [0.1, 0.15) is 17.4 Å². The van der Waals surface area contributed by atoms with E-state index in [4.69, 9.17) is 19.6 Å². The Kier molecular flexibility index (Phi) is 5.01. The molecule has 2 N–H and O–H groups in total. The summed E-state index contributed by atoms with van der Waals surface area (Å²) in [6.45, 7) is 1.03. The molecule has 102 valence electrons. The van der Waals surface area contributed by atoms with Gasteiger partial charge in [0.15, 0.2) is 4.67 Å². The number of nitrogens with two attached hydrogens (primary N) is 1. The second kappa shape index (κ2) is 6.75. The maximum Gasteiger partial charge on any atom is 0.169 e. The molecule has 1 aromatic heterocycles. The van der Waals surface area contributed by atoms with Crippen LogP contribution in [0.2, 0.25) is 0 Å². The summed E-state index contributed by atoms with van der Waals surface area (Å²) in [5, 5.41) is 0. The van der Waals surface area contributed by atoms with Gasteiger partial charge in [0.25, 0.3) is 0 Å². The van der Waals surface area contributed by atoms with Crippen LogP contribution >= 0.6 is 15.9 Å². The summed E-state index contributed by atoms with van der Waals surface area (Å²) in [4.78, 5) is 0. The SMILES string of the molecule is COCCOc1ccccc1C(N)c1ccc(Br)o1. The van der Waals surface area contributed by atoms with E-state index in [-0.39, 0.29) is 6.04 Å². The van der Waals surface area contributed by atoms with Crippen LogP contribution < -0.4 is 10.5 Å². The van der Waals surface area contributed by atoms with Gasteiger partial charge in [-0.2, -0.15) is 0 Å². The summed E-state index contributed by atoms with van der Waals surface area (Å²) < 4.78 is 16.8. The van der Waals surface area contributed by atoms with Crippen LogP contribution in [0, 0.1) is 0 Å². The van der Waals surface area contributed by atoms with Crippen LogP contribution in [-0.4, -0.2) is 20.3 Å². The lowest BCUT2D eigenvalue weighted by Crippen LogP contribution is -2.14. The number of hydrogen-bond donors (Lipinski definition) is 1. The van der Waals surface area contributed by atoms with Crippen LogP contribution in [0.15, 0.2) is 45.5 Å². The standard InChI is InChI=1S/C14H16BrNO3/c1-17-8-9-18-11-5-3-2-4-10(11)14(16)12-6-7-13(15)19-12/h2-7,14H,8-9,16H2,1H3. The normalized spacial score (nSPS) is 12.4. The Bertz CT molecular complexity index is 527. The number of hydrogen-bond acceptors (Lipinski definition) is 4. The van der Waals surface area contributed by atoms with Crippen molar-refractivity contribution >= 4 is 15.9 Å². The second-order valence-corrected chi connectivity index (χ2v) is 4.78. The molecule has 0 radical (unpaired) electrons. The minimum atomic E-state index is -0.356. The molecule has 5 heteroatoms. The average Bonchev–Trinajstić information content (AvgIpc) is 2.85. The molecule has 0 saturated carbocycles. The first-order valence-corrected chi connectivity index (χ1v) is 6.73. The van der Waals surface area contributed by atoms with Gasteiger partial charge >= 0.3 is 0 Å². The molecule has 1 heterocycles. The smallest absolute Gasteiger partial charge is 0.169 e. The largest absolute Gasteiger partial charge is 0.491 e. The summed E-state index contributed by atoms with van der Waals surface area (Å²) in [6.07, 6.45) is 0. The van der Waals surface area contributed by atoms with Gasteiger partial charge in [0.1, 0.15) is 18.1 Å². The Labute approximate surface area is 120 Å². The second-order valence-electron chi connectivity index (χ2n) is 4.00. The highest BCUT2D eigenvalue weighted by Gasteiger charge is 2.17. The van der Waals surface area contributed by atoms with Gasteiger partial charge in [0.05, 0.1) is 12.6 Å². The van der Waals surface area contributed by atoms with Crippen molar-refractivity contribution in [3.63, 3.8) is 0 Å². The van der Waals surface area contributed by atoms with Crippen LogP contribution in [0.25, 0.3) is 0 Å². The molecule has 1 atom stereocenters. The Morgan fingerprint density at radius 2 is 2.00 bits per heavy atom. The lowest BCUT2D eigenvalue weighted by atomic mass is 10.0. The van der Waals surface area contributed by atoms with Gasteiger partial charge in [-0.15, -0.1) is 0 Å². The van der Waals surface area contributed by atoms with E-state index < -0.39 is 0 Å². The Morgan fingerprint density at radius 3 is 2.68 bits per heavy atom. The first-order valence-electron chi connectivity index (χ1n) is 5.94. The van der Waals surface area contributed by atoms with Gasteiger partial charge in [-0.1, -0.05) is 18.2 Å². The van der Waals surface area contributed by atoms with E-state index in [9.17, 15) is 0 Å². The van der Waals surface area contributed by atoms with E-state index >= 15 is 0 Å². The van der Waals surface area contributed by atoms with Crippen molar-refractivity contribution in [2.75, 3.05) is 20.3 Å². The van der Waals surface area contributed by atoms with Crippen LogP contribution in [0.3, 0.4) is 0 Å². The fourth-order valence-electron chi connectivity index (χ4n) is 1.75. The zero-order valence-corrected chi connectivity index (χ0v) is 12.2. The third-order valence-corrected chi connectivity index (χ3v) is 3.13. The van der Waals surface area contributed by atoms with E-state index in [1.807, 2.05) is 36.4 Å². The van der Waals surface area contributed by atoms with E-state index in [1.165, 1.54) is 0 Å². The maximum absolute atomic E-state index is 6.21. The highest BCUT2D eigenvalue weighted by molar-refractivity contribution is 9.10. The zero-order chi connectivity index (χ0) is 13.7. The third kappa shape index (κ3) is 3.59. The van der Waals surface area contributed by atoms with Gasteiger partial charge in [-0.25, -0.2) is 0 Å². The van der Waals surface area contributed by atoms with E-state index in [0.29, 0.717) is 23.6 Å². The molecular weight excluding hydrogens is 310 g/mol. The molecule has 1 aromatic carbocycles. The number of para-hydroxylation sites is 1. The molecule has 19 heavy (non-hydrogen) atoms. The minimum absolute atomic E-state index is 0.356. The maximum atomic E-state index is 6.21. The molecule has 0 spiro atoms. The Balaban J connectivity index is 2.18. The summed E-state index contributed by atoms with van der Waals surface area (Å²) in [6, 6.07) is 11.0. The van der Waals surface area contributed by atoms with Gasteiger partial charge in [0.2, 0.25) is 0 Å². The molecule has 0 aliphatic carbocycles. The Hall–Kier alpha value is -1.30. The fourth-order valence-corrected chi connectivity index (χ4v) is 2.07. The molecule has 0 bridgehead atoms. The number of furan rings is 1. The molecule has 2 aromatic rings. The molecule has 1 unspecified atom stereocenters. The quantitative estimate of drug-likeness (QED) is 0.829. The van der Waals surface area contributed by atoms with Crippen LogP contribution in [-0.2, 0) is 4.74 Å². The fraction of sp³-hybridized carbons (Fsp3) is 0.286. The zero-order valence-electron chi connectivity index (χ0n) is 10.6. The first-order chi connectivity index (χ1) is 9.22. The van der Waals surface area contributed by atoms with Gasteiger partial charge in [0, 0.05) is 12.7 Å². The van der Waals surface area contributed by atoms with Crippen molar-refractivity contribution < 1.29 is 13.9 Å². The number of benzene rings is 1. The number of rotatable bonds is 6. The molecule has 0 saturated heterocycles. The van der Waals surface area contributed by atoms with Crippen molar-refractivity contribution in [1.82, 2.24) is 0 Å². The highest BCUT2D eigenvalue weighted by atomic mass is 79.9. The van der Waals surface area contributed by atoms with E-state index in [1.54, 1.807) is 7.11 Å². The summed E-state index contributed by atoms with van der Waals surface area (Å²) in [5.41, 5.74) is 7.10. The monoisotopic (exact) mass is 325 g/mol. The van der Waals surface area contributed by atoms with Crippen molar-refractivity contribution in [1.29, 1.82) is 0 Å². The predicted octanol–water partition coefficient (Wildman–Crippen LogP) is 3.12. The van der Waals surface area contributed by atoms with Crippen LogP contribution in [0.4, 0.5) is 0 Å². The number of ether oxygens (including phenoxy) is 2. The molecular formula is C14H16BrNO3. The molecule has 2 rings (SSSR count). The molecule has 0 aliphatic heterocycles. The summed E-state index contributed by atoms with van der Waals surface area (Å²) >= 11 is 3.27. The number of methoxy groups -OCH3 is 1. The third-order valence-electron chi connectivity index (χ3n) is 2.70. The lowest BCUT2D eigenvalue weighted by molar-refractivity contribution is 0.145. The summed E-state index contributed by atoms with van der Waals surface area (Å²) in [5.74, 6) is 1.44.